The molecule has 4 N–H and O–H groups in total. The molecule has 0 bridgehead atoms. The third-order valence-corrected chi connectivity index (χ3v) is 3.88. The Kier molecular flexibility index (Phi) is 3.58. The van der Waals surface area contributed by atoms with E-state index < -0.39 is 6.09 Å². The van der Waals surface area contributed by atoms with Gasteiger partial charge in [0.05, 0.1) is 11.0 Å². The van der Waals surface area contributed by atoms with Gasteiger partial charge < -0.3 is 25.3 Å². The Labute approximate surface area is 125 Å². The zero-order valence-corrected chi connectivity index (χ0v) is 11.8. The smallest absolute Gasteiger partial charge is 0.407 e. The van der Waals surface area contributed by atoms with Gasteiger partial charge in [-0.05, 0) is 31.0 Å². The minimum absolute atomic E-state index is 0.0379. The summed E-state index contributed by atoms with van der Waals surface area (Å²) in [5, 5.41) is 11.8. The highest BCUT2D eigenvalue weighted by Crippen LogP contribution is 2.13. The number of nitrogens with one attached hydrogen (secondary N) is 3. The monoisotopic (exact) mass is 304 g/mol. The number of carboxylic acid groups (broad SMARTS) is 1. The number of hydrogen-bond acceptors (Lipinski definition) is 3. The number of carbonyl (C=O) groups excluding carboxylic acids is 1. The summed E-state index contributed by atoms with van der Waals surface area (Å²) in [6, 6.07) is 4.90. The number of benzene rings is 1. The quantitative estimate of drug-likeness (QED) is 0.654. The van der Waals surface area contributed by atoms with Crippen LogP contribution in [0.4, 0.5) is 4.79 Å². The first-order chi connectivity index (χ1) is 10.5. The number of aromatic amines is 2. The normalized spacial score (nSPS) is 15.9. The number of fused-ring (bicyclic) bond motifs is 1. The molecule has 116 valence electrons. The minimum atomic E-state index is -0.924. The second-order valence-electron chi connectivity index (χ2n) is 5.36. The standard InChI is InChI=1S/C14H16N4O4/c19-12(15-9-3-5-18(6-4-9)14(21)22)8-1-2-10-11(7-8)17-13(20)16-10/h1-2,7,9H,3-6H2,(H,15,19)(H,21,22)(H2,16,17,20). The Morgan fingerprint density at radius 1 is 1.18 bits per heavy atom. The van der Waals surface area contributed by atoms with Crippen LogP contribution >= 0.6 is 0 Å². The van der Waals surface area contributed by atoms with Gasteiger partial charge in [-0.3, -0.25) is 4.79 Å². The van der Waals surface area contributed by atoms with E-state index in [1.54, 1.807) is 18.2 Å². The molecule has 0 radical (unpaired) electrons. The van der Waals surface area contributed by atoms with E-state index in [2.05, 4.69) is 15.3 Å². The summed E-state index contributed by atoms with van der Waals surface area (Å²) in [6.45, 7) is 0.842. The lowest BCUT2D eigenvalue weighted by molar-refractivity contribution is 0.0907. The molecule has 1 aromatic heterocycles. The fourth-order valence-electron chi connectivity index (χ4n) is 2.66. The third kappa shape index (κ3) is 2.80. The van der Waals surface area contributed by atoms with Crippen LogP contribution in [-0.2, 0) is 0 Å². The van der Waals surface area contributed by atoms with Crippen molar-refractivity contribution in [3.8, 4) is 0 Å². The molecule has 1 saturated heterocycles. The average molecular weight is 304 g/mol. The van der Waals surface area contributed by atoms with Gasteiger partial charge in [0.15, 0.2) is 0 Å². The molecule has 2 amide bonds. The number of nitrogens with zero attached hydrogens (tertiary/aromatic N) is 1. The Morgan fingerprint density at radius 3 is 2.55 bits per heavy atom. The van der Waals surface area contributed by atoms with Gasteiger partial charge in [-0.15, -0.1) is 0 Å². The molecule has 2 aromatic rings. The van der Waals surface area contributed by atoms with E-state index in [-0.39, 0.29) is 17.6 Å². The van der Waals surface area contributed by atoms with Gasteiger partial charge in [-0.25, -0.2) is 9.59 Å². The highest BCUT2D eigenvalue weighted by Gasteiger charge is 2.23. The topological polar surface area (TPSA) is 118 Å². The van der Waals surface area contributed by atoms with E-state index >= 15 is 0 Å². The van der Waals surface area contributed by atoms with Crippen molar-refractivity contribution in [3.05, 3.63) is 34.2 Å². The second kappa shape index (κ2) is 5.55. The van der Waals surface area contributed by atoms with Crippen molar-refractivity contribution in [2.75, 3.05) is 13.1 Å². The lowest BCUT2D eigenvalue weighted by atomic mass is 10.0. The largest absolute Gasteiger partial charge is 0.465 e. The number of carbonyl (C=O) groups is 2. The molecular weight excluding hydrogens is 288 g/mol. The fourth-order valence-corrected chi connectivity index (χ4v) is 2.66. The maximum Gasteiger partial charge on any atom is 0.407 e. The summed E-state index contributed by atoms with van der Waals surface area (Å²) < 4.78 is 0. The van der Waals surface area contributed by atoms with Crippen molar-refractivity contribution in [1.29, 1.82) is 0 Å². The molecule has 0 saturated carbocycles. The van der Waals surface area contributed by atoms with Crippen LogP contribution in [0.15, 0.2) is 23.0 Å². The van der Waals surface area contributed by atoms with Crippen LogP contribution in [0, 0.1) is 0 Å². The van der Waals surface area contributed by atoms with E-state index in [0.717, 1.165) is 0 Å². The van der Waals surface area contributed by atoms with Crippen molar-refractivity contribution >= 4 is 23.0 Å². The Bertz CT molecular complexity index is 770. The van der Waals surface area contributed by atoms with Crippen molar-refractivity contribution < 1.29 is 14.7 Å². The van der Waals surface area contributed by atoms with Gasteiger partial charge in [0.25, 0.3) is 5.91 Å². The number of H-pyrrole nitrogens is 2. The Morgan fingerprint density at radius 2 is 1.86 bits per heavy atom. The maximum absolute atomic E-state index is 12.2. The predicted molar refractivity (Wildman–Crippen MR) is 79.0 cm³/mol. The minimum Gasteiger partial charge on any atom is -0.465 e. The molecule has 1 aliphatic heterocycles. The maximum atomic E-state index is 12.2. The Hall–Kier alpha value is -2.77. The molecule has 0 unspecified atom stereocenters. The Balaban J connectivity index is 1.66. The third-order valence-electron chi connectivity index (χ3n) is 3.88. The van der Waals surface area contributed by atoms with Gasteiger partial charge >= 0.3 is 11.8 Å². The number of likely N-dealkylation sites (tertiary alicyclic amines) is 1. The molecule has 2 heterocycles. The molecular formula is C14H16N4O4. The first kappa shape index (κ1) is 14.2. The fraction of sp³-hybridized carbons (Fsp3) is 0.357. The van der Waals surface area contributed by atoms with E-state index in [4.69, 9.17) is 5.11 Å². The molecule has 1 fully saturated rings. The van der Waals surface area contributed by atoms with Gasteiger partial charge in [0.2, 0.25) is 0 Å². The zero-order valence-electron chi connectivity index (χ0n) is 11.8. The number of amides is 2. The summed E-state index contributed by atoms with van der Waals surface area (Å²) in [4.78, 5) is 40.9. The number of aromatic nitrogens is 2. The van der Waals surface area contributed by atoms with Gasteiger partial charge in [0.1, 0.15) is 0 Å². The van der Waals surface area contributed by atoms with Crippen molar-refractivity contribution in [3.63, 3.8) is 0 Å². The lowest BCUT2D eigenvalue weighted by Crippen LogP contribution is -2.46. The SMILES string of the molecule is O=C(NC1CCN(C(=O)O)CC1)c1ccc2[nH]c(=O)[nH]c2c1. The summed E-state index contributed by atoms with van der Waals surface area (Å²) in [6.07, 6.45) is 0.273. The van der Waals surface area contributed by atoms with E-state index in [1.807, 2.05) is 0 Å². The van der Waals surface area contributed by atoms with E-state index in [0.29, 0.717) is 42.5 Å². The first-order valence-electron chi connectivity index (χ1n) is 7.04. The number of rotatable bonds is 2. The van der Waals surface area contributed by atoms with Crippen LogP contribution in [0.3, 0.4) is 0 Å². The first-order valence-corrected chi connectivity index (χ1v) is 7.04. The average Bonchev–Trinajstić information content (AvgIpc) is 2.86. The molecule has 0 atom stereocenters. The van der Waals surface area contributed by atoms with Crippen LogP contribution in [-0.4, -0.2) is 51.1 Å². The van der Waals surface area contributed by atoms with Crippen LogP contribution in [0.25, 0.3) is 11.0 Å². The molecule has 0 aliphatic carbocycles. The van der Waals surface area contributed by atoms with Crippen LogP contribution in [0.1, 0.15) is 23.2 Å². The molecule has 8 nitrogen and oxygen atoms in total. The number of piperidine rings is 1. The van der Waals surface area contributed by atoms with Crippen molar-refractivity contribution in [2.24, 2.45) is 0 Å². The molecule has 8 heteroatoms. The van der Waals surface area contributed by atoms with E-state index in [1.165, 1.54) is 4.90 Å². The summed E-state index contributed by atoms with van der Waals surface area (Å²) >= 11 is 0. The highest BCUT2D eigenvalue weighted by atomic mass is 16.4. The van der Waals surface area contributed by atoms with Crippen molar-refractivity contribution in [1.82, 2.24) is 20.2 Å². The molecule has 0 spiro atoms. The van der Waals surface area contributed by atoms with Crippen LogP contribution in [0.5, 0.6) is 0 Å². The molecule has 22 heavy (non-hydrogen) atoms. The van der Waals surface area contributed by atoms with Crippen LogP contribution < -0.4 is 11.0 Å². The summed E-state index contributed by atoms with van der Waals surface area (Å²) in [7, 11) is 0. The summed E-state index contributed by atoms with van der Waals surface area (Å²) in [5.41, 5.74) is 1.38. The number of imidazole rings is 1. The van der Waals surface area contributed by atoms with Gasteiger partial charge in [0, 0.05) is 24.7 Å². The second-order valence-corrected chi connectivity index (χ2v) is 5.36. The molecule has 3 rings (SSSR count). The van der Waals surface area contributed by atoms with Crippen molar-refractivity contribution in [2.45, 2.75) is 18.9 Å². The van der Waals surface area contributed by atoms with E-state index in [9.17, 15) is 14.4 Å². The van der Waals surface area contributed by atoms with Crippen LogP contribution in [0.2, 0.25) is 0 Å². The molecule has 1 aromatic carbocycles. The zero-order chi connectivity index (χ0) is 15.7. The summed E-state index contributed by atoms with van der Waals surface area (Å²) in [5.74, 6) is -0.224. The number of hydrogen-bond donors (Lipinski definition) is 4. The van der Waals surface area contributed by atoms with Gasteiger partial charge in [-0.1, -0.05) is 0 Å². The predicted octanol–water partition coefficient (Wildman–Crippen LogP) is 0.728. The highest BCUT2D eigenvalue weighted by molar-refractivity contribution is 5.97. The molecule has 1 aliphatic rings. The van der Waals surface area contributed by atoms with Gasteiger partial charge in [-0.2, -0.15) is 0 Å². The lowest BCUT2D eigenvalue weighted by Gasteiger charge is -2.30.